The van der Waals surface area contributed by atoms with Crippen LogP contribution in [0, 0.1) is 0 Å². The first-order valence-electron chi connectivity index (χ1n) is 5.97. The van der Waals surface area contributed by atoms with Crippen LogP contribution in [0.1, 0.15) is 62.5 Å². The Hall–Kier alpha value is -0.760. The number of furan rings is 1. The first-order valence-corrected chi connectivity index (χ1v) is 5.97. The zero-order valence-electron chi connectivity index (χ0n) is 9.92. The Morgan fingerprint density at radius 2 is 2.13 bits per heavy atom. The molecule has 0 aliphatic heterocycles. The summed E-state index contributed by atoms with van der Waals surface area (Å²) < 4.78 is 5.89. The van der Waals surface area contributed by atoms with E-state index in [9.17, 15) is 0 Å². The summed E-state index contributed by atoms with van der Waals surface area (Å²) in [7, 11) is 0. The molecule has 2 nitrogen and oxygen atoms in total. The topological polar surface area (TPSA) is 39.2 Å². The monoisotopic (exact) mass is 207 g/mol. The summed E-state index contributed by atoms with van der Waals surface area (Å²) in [6.07, 6.45) is 3.51. The van der Waals surface area contributed by atoms with Crippen LogP contribution in [-0.2, 0) is 6.42 Å². The smallest absolute Gasteiger partial charge is 0.107 e. The minimum atomic E-state index is 0.238. The van der Waals surface area contributed by atoms with Gasteiger partial charge in [-0.3, -0.25) is 0 Å². The molecule has 1 aliphatic rings. The molecule has 0 fully saturated rings. The van der Waals surface area contributed by atoms with Crippen LogP contribution >= 0.6 is 0 Å². The maximum absolute atomic E-state index is 6.03. The van der Waals surface area contributed by atoms with E-state index in [1.165, 1.54) is 24.2 Å². The van der Waals surface area contributed by atoms with E-state index in [0.29, 0.717) is 11.8 Å². The number of fused-ring (bicyclic) bond motifs is 1. The second kappa shape index (κ2) is 4.01. The van der Waals surface area contributed by atoms with Crippen LogP contribution < -0.4 is 5.73 Å². The SMILES string of the molecule is CC(C)c1cc2c(o1)CCCC2C(C)N. The lowest BCUT2D eigenvalue weighted by Crippen LogP contribution is -2.27. The minimum Gasteiger partial charge on any atom is -0.466 e. The Balaban J connectivity index is 2.34. The van der Waals surface area contributed by atoms with E-state index in [0.717, 1.165) is 12.2 Å². The molecule has 0 amide bonds. The summed E-state index contributed by atoms with van der Waals surface area (Å²) in [4.78, 5) is 0. The molecular weight excluding hydrogens is 186 g/mol. The third kappa shape index (κ3) is 1.96. The first-order chi connectivity index (χ1) is 7.09. The van der Waals surface area contributed by atoms with Crippen molar-refractivity contribution >= 4 is 0 Å². The molecular formula is C13H21NO. The van der Waals surface area contributed by atoms with E-state index in [4.69, 9.17) is 10.2 Å². The fraction of sp³-hybridized carbons (Fsp3) is 0.692. The standard InChI is InChI=1S/C13H21NO/c1-8(2)13-7-11-10(9(3)14)5-4-6-12(11)15-13/h7-10H,4-6,14H2,1-3H3. The largest absolute Gasteiger partial charge is 0.466 e. The van der Waals surface area contributed by atoms with E-state index in [1.54, 1.807) is 0 Å². The van der Waals surface area contributed by atoms with Crippen LogP contribution in [0.5, 0.6) is 0 Å². The van der Waals surface area contributed by atoms with E-state index >= 15 is 0 Å². The second-order valence-corrected chi connectivity index (χ2v) is 5.04. The molecule has 0 saturated carbocycles. The van der Waals surface area contributed by atoms with Crippen LogP contribution in [0.25, 0.3) is 0 Å². The summed E-state index contributed by atoms with van der Waals surface area (Å²) in [6, 6.07) is 2.47. The lowest BCUT2D eigenvalue weighted by Gasteiger charge is -2.24. The Kier molecular flexibility index (Phi) is 2.87. The number of nitrogens with two attached hydrogens (primary N) is 1. The normalized spacial score (nSPS) is 22.9. The van der Waals surface area contributed by atoms with Crippen molar-refractivity contribution in [1.82, 2.24) is 0 Å². The Morgan fingerprint density at radius 1 is 1.40 bits per heavy atom. The molecule has 1 aliphatic carbocycles. The van der Waals surface area contributed by atoms with Crippen LogP contribution in [0.3, 0.4) is 0 Å². The highest BCUT2D eigenvalue weighted by atomic mass is 16.3. The molecule has 2 heteroatoms. The predicted molar refractivity (Wildman–Crippen MR) is 62.1 cm³/mol. The van der Waals surface area contributed by atoms with Crippen LogP contribution in [0.15, 0.2) is 10.5 Å². The molecule has 0 saturated heterocycles. The van der Waals surface area contributed by atoms with Crippen molar-refractivity contribution in [2.24, 2.45) is 5.73 Å². The van der Waals surface area contributed by atoms with Gasteiger partial charge in [-0.1, -0.05) is 13.8 Å². The summed E-state index contributed by atoms with van der Waals surface area (Å²) in [5.74, 6) is 3.29. The number of aryl methyl sites for hydroxylation is 1. The van der Waals surface area contributed by atoms with Crippen LogP contribution in [0.4, 0.5) is 0 Å². The van der Waals surface area contributed by atoms with Gasteiger partial charge < -0.3 is 10.2 Å². The van der Waals surface area contributed by atoms with Crippen molar-refractivity contribution in [1.29, 1.82) is 0 Å². The summed E-state index contributed by atoms with van der Waals surface area (Å²) >= 11 is 0. The van der Waals surface area contributed by atoms with Crippen molar-refractivity contribution in [2.75, 3.05) is 0 Å². The zero-order valence-corrected chi connectivity index (χ0v) is 9.92. The predicted octanol–water partition coefficient (Wildman–Crippen LogP) is 3.17. The summed E-state index contributed by atoms with van der Waals surface area (Å²) in [5, 5.41) is 0. The first kappa shape index (κ1) is 10.7. The molecule has 0 bridgehead atoms. The van der Waals surface area contributed by atoms with Gasteiger partial charge in [0.15, 0.2) is 0 Å². The van der Waals surface area contributed by atoms with E-state index in [1.807, 2.05) is 0 Å². The highest BCUT2D eigenvalue weighted by molar-refractivity contribution is 5.30. The average molecular weight is 207 g/mol. The van der Waals surface area contributed by atoms with Crippen molar-refractivity contribution in [3.05, 3.63) is 23.2 Å². The quantitative estimate of drug-likeness (QED) is 0.809. The summed E-state index contributed by atoms with van der Waals surface area (Å²) in [5.41, 5.74) is 7.40. The molecule has 2 N–H and O–H groups in total. The highest BCUT2D eigenvalue weighted by Gasteiger charge is 2.27. The van der Waals surface area contributed by atoms with Gasteiger partial charge in [0.2, 0.25) is 0 Å². The molecule has 15 heavy (non-hydrogen) atoms. The Morgan fingerprint density at radius 3 is 2.73 bits per heavy atom. The fourth-order valence-corrected chi connectivity index (χ4v) is 2.44. The van der Waals surface area contributed by atoms with Gasteiger partial charge in [-0.05, 0) is 31.4 Å². The molecule has 2 rings (SSSR count). The van der Waals surface area contributed by atoms with Gasteiger partial charge in [0.1, 0.15) is 11.5 Å². The van der Waals surface area contributed by atoms with Crippen molar-refractivity contribution in [3.63, 3.8) is 0 Å². The van der Waals surface area contributed by atoms with Gasteiger partial charge in [-0.2, -0.15) is 0 Å². The molecule has 1 aromatic heterocycles. The number of hydrogen-bond donors (Lipinski definition) is 1. The summed E-state index contributed by atoms with van der Waals surface area (Å²) in [6.45, 7) is 6.44. The number of rotatable bonds is 2. The van der Waals surface area contributed by atoms with Gasteiger partial charge in [0, 0.05) is 24.3 Å². The van der Waals surface area contributed by atoms with Gasteiger partial charge in [-0.25, -0.2) is 0 Å². The molecule has 84 valence electrons. The molecule has 0 spiro atoms. The molecule has 0 radical (unpaired) electrons. The maximum atomic E-state index is 6.03. The van der Waals surface area contributed by atoms with Crippen molar-refractivity contribution in [3.8, 4) is 0 Å². The molecule has 1 aromatic rings. The average Bonchev–Trinajstić information content (AvgIpc) is 2.60. The van der Waals surface area contributed by atoms with Crippen molar-refractivity contribution < 1.29 is 4.42 Å². The fourth-order valence-electron chi connectivity index (χ4n) is 2.44. The zero-order chi connectivity index (χ0) is 11.0. The Labute approximate surface area is 91.8 Å². The Bertz CT molecular complexity index is 338. The second-order valence-electron chi connectivity index (χ2n) is 5.04. The lowest BCUT2D eigenvalue weighted by molar-refractivity contribution is 0.401. The third-order valence-electron chi connectivity index (χ3n) is 3.38. The molecule has 2 unspecified atom stereocenters. The van der Waals surface area contributed by atoms with Gasteiger partial charge >= 0.3 is 0 Å². The molecule has 0 aromatic carbocycles. The van der Waals surface area contributed by atoms with E-state index in [-0.39, 0.29) is 6.04 Å². The van der Waals surface area contributed by atoms with E-state index < -0.39 is 0 Å². The van der Waals surface area contributed by atoms with Crippen molar-refractivity contribution in [2.45, 2.75) is 57.9 Å². The van der Waals surface area contributed by atoms with Gasteiger partial charge in [0.05, 0.1) is 0 Å². The minimum absolute atomic E-state index is 0.238. The third-order valence-corrected chi connectivity index (χ3v) is 3.38. The van der Waals surface area contributed by atoms with Crippen LogP contribution in [0.2, 0.25) is 0 Å². The van der Waals surface area contributed by atoms with Gasteiger partial charge in [0.25, 0.3) is 0 Å². The van der Waals surface area contributed by atoms with E-state index in [2.05, 4.69) is 26.8 Å². The highest BCUT2D eigenvalue weighted by Crippen LogP contribution is 2.37. The van der Waals surface area contributed by atoms with Crippen LogP contribution in [-0.4, -0.2) is 6.04 Å². The number of hydrogen-bond acceptors (Lipinski definition) is 2. The van der Waals surface area contributed by atoms with Gasteiger partial charge in [-0.15, -0.1) is 0 Å². The lowest BCUT2D eigenvalue weighted by atomic mass is 9.83. The molecule has 1 heterocycles. The maximum Gasteiger partial charge on any atom is 0.107 e. The molecule has 2 atom stereocenters.